The highest BCUT2D eigenvalue weighted by molar-refractivity contribution is 5.94. The lowest BCUT2D eigenvalue weighted by molar-refractivity contribution is -0.143. The van der Waals surface area contributed by atoms with E-state index in [1.807, 2.05) is 0 Å². The van der Waals surface area contributed by atoms with Crippen LogP contribution in [0.5, 0.6) is 0 Å². The lowest BCUT2D eigenvalue weighted by Crippen LogP contribution is -2.24. The molecule has 2 aromatic rings. The number of hydrogen-bond acceptors (Lipinski definition) is 6. The maximum absolute atomic E-state index is 11.8. The van der Waals surface area contributed by atoms with E-state index < -0.39 is 11.9 Å². The third-order valence-corrected chi connectivity index (χ3v) is 4.61. The molecule has 0 aromatic carbocycles. The molecule has 0 bridgehead atoms. The van der Waals surface area contributed by atoms with Crippen molar-refractivity contribution in [1.29, 1.82) is 0 Å². The fourth-order valence-corrected chi connectivity index (χ4v) is 2.79. The number of rotatable bonds is 14. The number of carbonyl (C=O) groups excluding carboxylic acids is 2. The van der Waals surface area contributed by atoms with Gasteiger partial charge >= 0.3 is 11.9 Å². The molecule has 34 heavy (non-hydrogen) atoms. The highest BCUT2D eigenvalue weighted by Gasteiger charge is 2.04. The minimum atomic E-state index is -1.08. The molecule has 2 heterocycles. The summed E-state index contributed by atoms with van der Waals surface area (Å²) in [5, 5.41) is 21.6. The lowest BCUT2D eigenvalue weighted by atomic mass is 10.1. The van der Waals surface area contributed by atoms with Gasteiger partial charge < -0.3 is 20.8 Å². The molecule has 0 spiro atoms. The van der Waals surface area contributed by atoms with Crippen LogP contribution in [0.1, 0.15) is 72.1 Å². The van der Waals surface area contributed by atoms with Crippen molar-refractivity contribution in [2.75, 3.05) is 13.1 Å². The topological polar surface area (TPSA) is 159 Å². The second-order valence-corrected chi connectivity index (χ2v) is 7.39. The molecule has 0 atom stereocenters. The summed E-state index contributed by atoms with van der Waals surface area (Å²) < 4.78 is 0. The summed E-state index contributed by atoms with van der Waals surface area (Å²) in [7, 11) is 0. The first-order valence-corrected chi connectivity index (χ1v) is 11.2. The van der Waals surface area contributed by atoms with Crippen LogP contribution in [0.3, 0.4) is 0 Å². The average molecular weight is 473 g/mol. The van der Waals surface area contributed by atoms with Crippen molar-refractivity contribution in [1.82, 2.24) is 20.6 Å². The summed E-state index contributed by atoms with van der Waals surface area (Å²) in [5.74, 6) is -2.24. The van der Waals surface area contributed by atoms with Crippen LogP contribution in [0.2, 0.25) is 0 Å². The average Bonchev–Trinajstić information content (AvgIpc) is 2.85. The first-order chi connectivity index (χ1) is 16.4. The van der Waals surface area contributed by atoms with Crippen molar-refractivity contribution in [2.24, 2.45) is 0 Å². The number of hydrogen-bond donors (Lipinski definition) is 4. The van der Waals surface area contributed by atoms with E-state index in [2.05, 4.69) is 20.6 Å². The molecule has 0 fully saturated rings. The van der Waals surface area contributed by atoms with Crippen LogP contribution in [0, 0.1) is 0 Å². The molecule has 0 radical (unpaired) electrons. The van der Waals surface area contributed by atoms with Crippen molar-refractivity contribution in [3.63, 3.8) is 0 Å². The van der Waals surface area contributed by atoms with Crippen molar-refractivity contribution in [3.8, 4) is 0 Å². The number of carboxylic acids is 2. The van der Waals surface area contributed by atoms with Gasteiger partial charge in [-0.15, -0.1) is 0 Å². The van der Waals surface area contributed by atoms with Crippen molar-refractivity contribution in [3.05, 3.63) is 60.2 Å². The van der Waals surface area contributed by atoms with Crippen LogP contribution in [0.25, 0.3) is 0 Å². The second kappa shape index (κ2) is 17.7. The van der Waals surface area contributed by atoms with Gasteiger partial charge in [-0.3, -0.25) is 29.1 Å². The summed E-state index contributed by atoms with van der Waals surface area (Å²) in [6.07, 6.45) is 12.3. The zero-order valence-corrected chi connectivity index (χ0v) is 19.1. The zero-order chi connectivity index (χ0) is 25.0. The van der Waals surface area contributed by atoms with E-state index in [9.17, 15) is 19.2 Å². The largest absolute Gasteiger partial charge is 0.481 e. The van der Waals surface area contributed by atoms with Gasteiger partial charge in [0.25, 0.3) is 11.8 Å². The summed E-state index contributed by atoms with van der Waals surface area (Å²) in [5.41, 5.74) is 1.29. The van der Waals surface area contributed by atoms with Gasteiger partial charge in [0.2, 0.25) is 0 Å². The van der Waals surface area contributed by atoms with Crippen LogP contribution in [0.15, 0.2) is 49.1 Å². The Morgan fingerprint density at radius 3 is 1.24 bits per heavy atom. The Morgan fingerprint density at radius 1 is 0.588 bits per heavy atom. The van der Waals surface area contributed by atoms with Crippen LogP contribution in [0.4, 0.5) is 0 Å². The van der Waals surface area contributed by atoms with E-state index >= 15 is 0 Å². The molecule has 0 saturated heterocycles. The number of aliphatic carboxylic acids is 2. The van der Waals surface area contributed by atoms with E-state index in [1.54, 1.807) is 49.1 Å². The summed E-state index contributed by atoms with van der Waals surface area (Å²) in [6, 6.07) is 6.84. The van der Waals surface area contributed by atoms with Crippen LogP contribution >= 0.6 is 0 Å². The highest BCUT2D eigenvalue weighted by Crippen LogP contribution is 2.05. The molecule has 0 aliphatic carbocycles. The van der Waals surface area contributed by atoms with Crippen LogP contribution in [-0.2, 0) is 9.59 Å². The highest BCUT2D eigenvalue weighted by atomic mass is 16.4. The van der Waals surface area contributed by atoms with Gasteiger partial charge in [0, 0.05) is 49.0 Å². The second-order valence-electron chi connectivity index (χ2n) is 7.39. The number of carbonyl (C=O) groups is 4. The van der Waals surface area contributed by atoms with Crippen molar-refractivity contribution in [2.45, 2.75) is 51.4 Å². The number of unbranched alkanes of at least 4 members (excludes halogenated alkanes) is 5. The van der Waals surface area contributed by atoms with Crippen molar-refractivity contribution >= 4 is 23.8 Å². The molecule has 0 saturated carbocycles. The number of amides is 2. The number of pyridine rings is 2. The Balaban J connectivity index is 0.000000620. The predicted molar refractivity (Wildman–Crippen MR) is 125 cm³/mol. The van der Waals surface area contributed by atoms with E-state index in [1.165, 1.54) is 0 Å². The first-order valence-electron chi connectivity index (χ1n) is 11.2. The zero-order valence-electron chi connectivity index (χ0n) is 19.1. The molecule has 0 aliphatic heterocycles. The molecule has 10 heteroatoms. The maximum atomic E-state index is 11.8. The standard InChI is InChI=1S/C20H26N4O2.C4H6O4/c25-19(17-7-13-21-14-8-17)23-11-5-3-1-2-4-6-12-24-20(26)18-9-15-22-16-10-18;5-3(6)1-2-4(7)8/h7-10,13-16H,1-6,11-12H2,(H,23,25)(H,24,26);1-2H2,(H,5,6)(H,7,8). The fourth-order valence-electron chi connectivity index (χ4n) is 2.79. The van der Waals surface area contributed by atoms with E-state index in [-0.39, 0.29) is 24.7 Å². The minimum absolute atomic E-state index is 0.0441. The molecule has 0 unspecified atom stereocenters. The molecule has 2 rings (SSSR count). The summed E-state index contributed by atoms with van der Waals surface area (Å²) in [6.45, 7) is 1.40. The fraction of sp³-hybridized carbons (Fsp3) is 0.417. The van der Waals surface area contributed by atoms with Gasteiger partial charge in [0.05, 0.1) is 12.8 Å². The van der Waals surface area contributed by atoms with E-state index in [0.717, 1.165) is 38.5 Å². The third-order valence-electron chi connectivity index (χ3n) is 4.61. The number of aromatic nitrogens is 2. The molecular weight excluding hydrogens is 440 g/mol. The van der Waals surface area contributed by atoms with Gasteiger partial charge in [0.1, 0.15) is 0 Å². The van der Waals surface area contributed by atoms with Gasteiger partial charge in [-0.2, -0.15) is 0 Å². The SMILES string of the molecule is O=C(NCCCCCCCCNC(=O)c1ccncc1)c1ccncc1.O=C(O)CCC(=O)O. The molecule has 4 N–H and O–H groups in total. The monoisotopic (exact) mass is 472 g/mol. The molecule has 0 aliphatic rings. The van der Waals surface area contributed by atoms with E-state index in [0.29, 0.717) is 24.2 Å². The Bertz CT molecular complexity index is 804. The maximum Gasteiger partial charge on any atom is 0.303 e. The van der Waals surface area contributed by atoms with Crippen LogP contribution < -0.4 is 10.6 Å². The lowest BCUT2D eigenvalue weighted by Gasteiger charge is -2.06. The quantitative estimate of drug-likeness (QED) is 0.305. The van der Waals surface area contributed by atoms with Crippen LogP contribution in [-0.4, -0.2) is 57.0 Å². The molecule has 2 aromatic heterocycles. The Labute approximate surface area is 198 Å². The Morgan fingerprint density at radius 2 is 0.912 bits per heavy atom. The summed E-state index contributed by atoms with van der Waals surface area (Å²) in [4.78, 5) is 50.7. The Kier molecular flexibility index (Phi) is 14.7. The van der Waals surface area contributed by atoms with E-state index in [4.69, 9.17) is 10.2 Å². The molecular formula is C24H32N4O6. The number of carboxylic acid groups (broad SMARTS) is 2. The number of nitrogens with one attached hydrogen (secondary N) is 2. The first kappa shape index (κ1) is 28.2. The van der Waals surface area contributed by atoms with Gasteiger partial charge in [-0.25, -0.2) is 0 Å². The smallest absolute Gasteiger partial charge is 0.303 e. The van der Waals surface area contributed by atoms with Gasteiger partial charge in [-0.1, -0.05) is 25.7 Å². The van der Waals surface area contributed by atoms with Gasteiger partial charge in [0.15, 0.2) is 0 Å². The summed E-state index contributed by atoms with van der Waals surface area (Å²) >= 11 is 0. The normalized spacial score (nSPS) is 9.88. The number of nitrogens with zero attached hydrogens (tertiary/aromatic N) is 2. The third kappa shape index (κ3) is 14.3. The molecule has 10 nitrogen and oxygen atoms in total. The molecule has 2 amide bonds. The molecule has 184 valence electrons. The van der Waals surface area contributed by atoms with Gasteiger partial charge in [-0.05, 0) is 37.1 Å². The van der Waals surface area contributed by atoms with Crippen molar-refractivity contribution < 1.29 is 29.4 Å². The predicted octanol–water partition coefficient (Wildman–Crippen LogP) is 2.91. The minimum Gasteiger partial charge on any atom is -0.481 e. The Hall–Kier alpha value is -3.82.